The second-order valence-electron chi connectivity index (χ2n) is 4.66. The van der Waals surface area contributed by atoms with Gasteiger partial charge in [-0.2, -0.15) is 0 Å². The number of Topliss-reactive ketones (excluding diaryl/α,β-unsaturated/α-hetero) is 1. The maximum absolute atomic E-state index is 12.4. The number of nitrogens with one attached hydrogen (secondary N) is 1. The molecule has 2 aromatic rings. The van der Waals surface area contributed by atoms with Crippen molar-refractivity contribution in [3.63, 3.8) is 0 Å². The van der Waals surface area contributed by atoms with Gasteiger partial charge in [0.1, 0.15) is 5.78 Å². The Morgan fingerprint density at radius 2 is 1.76 bits per heavy atom. The molecule has 0 unspecified atom stereocenters. The molecule has 108 valence electrons. The maximum Gasteiger partial charge on any atom is 0.257 e. The highest BCUT2D eigenvalue weighted by molar-refractivity contribution is 6.34. The van der Waals surface area contributed by atoms with Gasteiger partial charge in [0.15, 0.2) is 0 Å². The molecule has 1 amide bonds. The summed E-state index contributed by atoms with van der Waals surface area (Å²) in [5, 5.41) is 3.15. The standard InChI is InChI=1S/C17H16ClNO2/c1-2-14(20)11-12-7-6-10-15(18)16(12)17(21)19-13-8-4-3-5-9-13/h3-10H,2,11H2,1H3,(H,19,21). The van der Waals surface area contributed by atoms with Crippen LogP contribution >= 0.6 is 11.6 Å². The van der Waals surface area contributed by atoms with Gasteiger partial charge in [-0.05, 0) is 23.8 Å². The van der Waals surface area contributed by atoms with E-state index in [4.69, 9.17) is 11.6 Å². The van der Waals surface area contributed by atoms with E-state index in [1.165, 1.54) is 0 Å². The molecule has 0 atom stereocenters. The monoisotopic (exact) mass is 301 g/mol. The van der Waals surface area contributed by atoms with Gasteiger partial charge in [0, 0.05) is 18.5 Å². The first-order valence-electron chi connectivity index (χ1n) is 6.77. The van der Waals surface area contributed by atoms with Gasteiger partial charge in [-0.3, -0.25) is 9.59 Å². The second-order valence-corrected chi connectivity index (χ2v) is 5.07. The quantitative estimate of drug-likeness (QED) is 0.903. The van der Waals surface area contributed by atoms with Gasteiger partial charge < -0.3 is 5.32 Å². The van der Waals surface area contributed by atoms with E-state index in [1.54, 1.807) is 37.3 Å². The van der Waals surface area contributed by atoms with Crippen molar-refractivity contribution in [3.8, 4) is 0 Å². The molecule has 0 saturated carbocycles. The van der Waals surface area contributed by atoms with Gasteiger partial charge >= 0.3 is 0 Å². The average Bonchev–Trinajstić information content (AvgIpc) is 2.48. The summed E-state index contributed by atoms with van der Waals surface area (Å²) < 4.78 is 0. The summed E-state index contributed by atoms with van der Waals surface area (Å²) in [5.74, 6) is -0.225. The van der Waals surface area contributed by atoms with Crippen LogP contribution in [0.5, 0.6) is 0 Å². The van der Waals surface area contributed by atoms with Crippen LogP contribution in [-0.2, 0) is 11.2 Å². The average molecular weight is 302 g/mol. The van der Waals surface area contributed by atoms with Crippen molar-refractivity contribution >= 4 is 29.0 Å². The SMILES string of the molecule is CCC(=O)Cc1cccc(Cl)c1C(=O)Nc1ccccc1. The van der Waals surface area contributed by atoms with E-state index >= 15 is 0 Å². The Morgan fingerprint density at radius 1 is 1.05 bits per heavy atom. The molecule has 0 aliphatic carbocycles. The lowest BCUT2D eigenvalue weighted by atomic mass is 10.0. The number of hydrogen-bond donors (Lipinski definition) is 1. The predicted molar refractivity (Wildman–Crippen MR) is 84.8 cm³/mol. The normalized spacial score (nSPS) is 10.2. The number of ketones is 1. The lowest BCUT2D eigenvalue weighted by Gasteiger charge is -2.11. The summed E-state index contributed by atoms with van der Waals surface area (Å²) in [7, 11) is 0. The summed E-state index contributed by atoms with van der Waals surface area (Å²) in [5.41, 5.74) is 1.71. The number of rotatable bonds is 5. The lowest BCUT2D eigenvalue weighted by molar-refractivity contribution is -0.118. The number of benzene rings is 2. The minimum atomic E-state index is -0.300. The number of hydrogen-bond acceptors (Lipinski definition) is 2. The number of amides is 1. The van der Waals surface area contributed by atoms with E-state index in [9.17, 15) is 9.59 Å². The van der Waals surface area contributed by atoms with Gasteiger partial charge in [0.05, 0.1) is 10.6 Å². The zero-order chi connectivity index (χ0) is 15.2. The molecule has 3 nitrogen and oxygen atoms in total. The first kappa shape index (κ1) is 15.3. The fourth-order valence-corrected chi connectivity index (χ4v) is 2.30. The number of para-hydroxylation sites is 1. The first-order valence-corrected chi connectivity index (χ1v) is 7.15. The van der Waals surface area contributed by atoms with Crippen molar-refractivity contribution in [2.75, 3.05) is 5.32 Å². The molecule has 0 saturated heterocycles. The third-order valence-electron chi connectivity index (χ3n) is 3.14. The highest BCUT2D eigenvalue weighted by Crippen LogP contribution is 2.22. The fourth-order valence-electron chi connectivity index (χ4n) is 2.02. The number of halogens is 1. The van der Waals surface area contributed by atoms with E-state index in [-0.39, 0.29) is 18.1 Å². The van der Waals surface area contributed by atoms with Crippen molar-refractivity contribution in [1.29, 1.82) is 0 Å². The molecule has 1 N–H and O–H groups in total. The molecule has 4 heteroatoms. The molecular weight excluding hydrogens is 286 g/mol. The number of anilines is 1. The van der Waals surface area contributed by atoms with Gasteiger partial charge in [-0.15, -0.1) is 0 Å². The molecule has 0 heterocycles. The molecule has 0 aromatic heterocycles. The van der Waals surface area contributed by atoms with Crippen molar-refractivity contribution in [2.45, 2.75) is 19.8 Å². The lowest BCUT2D eigenvalue weighted by Crippen LogP contribution is -2.16. The summed E-state index contributed by atoms with van der Waals surface area (Å²) in [4.78, 5) is 24.1. The topological polar surface area (TPSA) is 46.2 Å². The molecule has 0 bridgehead atoms. The van der Waals surface area contributed by atoms with Crippen molar-refractivity contribution in [2.24, 2.45) is 0 Å². The van der Waals surface area contributed by atoms with Gasteiger partial charge in [-0.1, -0.05) is 48.9 Å². The number of carbonyl (C=O) groups is 2. The molecule has 2 rings (SSSR count). The molecule has 0 aliphatic rings. The zero-order valence-corrected chi connectivity index (χ0v) is 12.5. The molecule has 2 aromatic carbocycles. The second kappa shape index (κ2) is 7.04. The van der Waals surface area contributed by atoms with E-state index in [0.29, 0.717) is 28.3 Å². The van der Waals surface area contributed by atoms with Crippen molar-refractivity contribution in [1.82, 2.24) is 0 Å². The minimum absolute atomic E-state index is 0.0750. The Morgan fingerprint density at radius 3 is 2.43 bits per heavy atom. The third-order valence-corrected chi connectivity index (χ3v) is 3.46. The molecular formula is C17H16ClNO2. The highest BCUT2D eigenvalue weighted by atomic mass is 35.5. The van der Waals surface area contributed by atoms with Crippen LogP contribution in [0.25, 0.3) is 0 Å². The van der Waals surface area contributed by atoms with E-state index in [0.717, 1.165) is 0 Å². The van der Waals surface area contributed by atoms with Gasteiger partial charge in [0.25, 0.3) is 5.91 Å². The predicted octanol–water partition coefficient (Wildman–Crippen LogP) is 4.11. The smallest absolute Gasteiger partial charge is 0.257 e. The Kier molecular flexibility index (Phi) is 5.12. The fraction of sp³-hybridized carbons (Fsp3) is 0.176. The van der Waals surface area contributed by atoms with Crippen LogP contribution in [0.4, 0.5) is 5.69 Å². The molecule has 0 spiro atoms. The van der Waals surface area contributed by atoms with E-state index in [2.05, 4.69) is 5.32 Å². The first-order chi connectivity index (χ1) is 10.1. The Balaban J connectivity index is 2.29. The van der Waals surface area contributed by atoms with Gasteiger partial charge in [0.2, 0.25) is 0 Å². The summed E-state index contributed by atoms with van der Waals surface area (Å²) in [6.45, 7) is 1.80. The van der Waals surface area contributed by atoms with E-state index < -0.39 is 0 Å². The summed E-state index contributed by atoms with van der Waals surface area (Å²) >= 11 is 6.14. The molecule has 0 radical (unpaired) electrons. The van der Waals surface area contributed by atoms with Crippen molar-refractivity contribution < 1.29 is 9.59 Å². The zero-order valence-electron chi connectivity index (χ0n) is 11.7. The third kappa shape index (κ3) is 3.92. The maximum atomic E-state index is 12.4. The summed E-state index contributed by atoms with van der Waals surface area (Å²) in [6, 6.07) is 14.3. The van der Waals surface area contributed by atoms with Crippen LogP contribution in [0.1, 0.15) is 29.3 Å². The van der Waals surface area contributed by atoms with E-state index in [1.807, 2.05) is 18.2 Å². The largest absolute Gasteiger partial charge is 0.322 e. The Labute approximate surface area is 128 Å². The van der Waals surface area contributed by atoms with Crippen LogP contribution in [-0.4, -0.2) is 11.7 Å². The molecule has 21 heavy (non-hydrogen) atoms. The van der Waals surface area contributed by atoms with Crippen LogP contribution in [0.3, 0.4) is 0 Å². The molecule has 0 aliphatic heterocycles. The van der Waals surface area contributed by atoms with Crippen LogP contribution in [0.2, 0.25) is 5.02 Å². The van der Waals surface area contributed by atoms with Gasteiger partial charge in [-0.25, -0.2) is 0 Å². The van der Waals surface area contributed by atoms with Crippen LogP contribution < -0.4 is 5.32 Å². The Bertz CT molecular complexity index is 653. The van der Waals surface area contributed by atoms with Crippen LogP contribution in [0, 0.1) is 0 Å². The highest BCUT2D eigenvalue weighted by Gasteiger charge is 2.17. The summed E-state index contributed by atoms with van der Waals surface area (Å²) in [6.07, 6.45) is 0.654. The van der Waals surface area contributed by atoms with Crippen molar-refractivity contribution in [3.05, 3.63) is 64.7 Å². The molecule has 0 fully saturated rings. The Hall–Kier alpha value is -2.13. The van der Waals surface area contributed by atoms with Crippen LogP contribution in [0.15, 0.2) is 48.5 Å². The minimum Gasteiger partial charge on any atom is -0.322 e. The number of carbonyl (C=O) groups excluding carboxylic acids is 2.